The zero-order chi connectivity index (χ0) is 19.7. The van der Waals surface area contributed by atoms with Crippen LogP contribution in [0, 0.1) is 13.8 Å². The molecule has 1 aromatic carbocycles. The Labute approximate surface area is 164 Å². The summed E-state index contributed by atoms with van der Waals surface area (Å²) >= 11 is 1.20. The van der Waals surface area contributed by atoms with E-state index in [0.717, 1.165) is 5.76 Å². The van der Waals surface area contributed by atoms with Crippen molar-refractivity contribution in [2.45, 2.75) is 13.8 Å². The van der Waals surface area contributed by atoms with Gasteiger partial charge in [0, 0.05) is 5.56 Å². The molecule has 8 nitrogen and oxygen atoms in total. The normalized spacial score (nSPS) is 12.5. The number of carbonyl (C=O) groups is 2. The first-order chi connectivity index (χ1) is 13.5. The average Bonchev–Trinajstić information content (AvgIpc) is 3.31. The molecule has 2 N–H and O–H groups in total. The Balaban J connectivity index is 1.43. The Morgan fingerprint density at radius 1 is 1.00 bits per heavy atom. The first-order valence-electron chi connectivity index (χ1n) is 8.56. The van der Waals surface area contributed by atoms with Crippen molar-refractivity contribution < 1.29 is 23.5 Å². The average molecular weight is 399 g/mol. The molecule has 0 spiro atoms. The lowest BCUT2D eigenvalue weighted by Gasteiger charge is -2.18. The Morgan fingerprint density at radius 2 is 1.75 bits per heavy atom. The molecule has 3 aromatic rings. The molecule has 0 bridgehead atoms. The molecule has 0 radical (unpaired) electrons. The van der Waals surface area contributed by atoms with E-state index in [2.05, 4.69) is 15.8 Å². The van der Waals surface area contributed by atoms with Gasteiger partial charge in [-0.15, -0.1) is 11.3 Å². The second-order valence-electron chi connectivity index (χ2n) is 6.11. The number of furan rings is 1. The number of aryl methyl sites for hydroxylation is 2. The molecule has 0 aliphatic carbocycles. The molecule has 2 aromatic heterocycles. The number of thiazole rings is 1. The summed E-state index contributed by atoms with van der Waals surface area (Å²) in [6.07, 6.45) is 0. The minimum atomic E-state index is -0.464. The van der Waals surface area contributed by atoms with E-state index in [0.29, 0.717) is 51.6 Å². The van der Waals surface area contributed by atoms with Crippen LogP contribution in [0.15, 0.2) is 34.7 Å². The summed E-state index contributed by atoms with van der Waals surface area (Å²) in [6.45, 7) is 4.47. The zero-order valence-electron chi connectivity index (χ0n) is 15.2. The highest BCUT2D eigenvalue weighted by Crippen LogP contribution is 2.31. The number of hydrazine groups is 1. The Hall–Kier alpha value is -3.33. The van der Waals surface area contributed by atoms with Gasteiger partial charge in [0.15, 0.2) is 22.3 Å². The fourth-order valence-electron chi connectivity index (χ4n) is 2.69. The van der Waals surface area contributed by atoms with Crippen LogP contribution >= 0.6 is 11.3 Å². The standard InChI is InChI=1S/C19H17N3O5S/c1-10-3-5-14(27-10)19-20-11(2)16(28-19)18(24)22-21-17(23)12-4-6-13-15(9-12)26-8-7-25-13/h3-6,9H,7-8H2,1-2H3,(H,21,23)(H,22,24). The lowest BCUT2D eigenvalue weighted by molar-refractivity contribution is 0.0848. The van der Waals surface area contributed by atoms with Crippen molar-refractivity contribution >= 4 is 23.2 Å². The van der Waals surface area contributed by atoms with Crippen molar-refractivity contribution in [2.24, 2.45) is 0 Å². The molecule has 0 saturated carbocycles. The van der Waals surface area contributed by atoms with Gasteiger partial charge in [-0.25, -0.2) is 4.98 Å². The monoisotopic (exact) mass is 399 g/mol. The fourth-order valence-corrected chi connectivity index (χ4v) is 3.61. The van der Waals surface area contributed by atoms with Gasteiger partial charge in [0.25, 0.3) is 11.8 Å². The summed E-state index contributed by atoms with van der Waals surface area (Å²) in [4.78, 5) is 29.5. The third kappa shape index (κ3) is 3.56. The number of fused-ring (bicyclic) bond motifs is 1. The third-order valence-electron chi connectivity index (χ3n) is 4.05. The van der Waals surface area contributed by atoms with Crippen molar-refractivity contribution in [3.05, 3.63) is 52.2 Å². The molecule has 9 heteroatoms. The van der Waals surface area contributed by atoms with Crippen molar-refractivity contribution in [3.8, 4) is 22.3 Å². The minimum absolute atomic E-state index is 0.345. The molecule has 3 heterocycles. The van der Waals surface area contributed by atoms with Crippen molar-refractivity contribution in [1.82, 2.24) is 15.8 Å². The van der Waals surface area contributed by atoms with E-state index in [-0.39, 0.29) is 0 Å². The number of nitrogens with zero attached hydrogens (tertiary/aromatic N) is 1. The molecule has 4 rings (SSSR count). The number of hydrogen-bond donors (Lipinski definition) is 2. The largest absolute Gasteiger partial charge is 0.486 e. The van der Waals surface area contributed by atoms with Gasteiger partial charge in [-0.1, -0.05) is 0 Å². The summed E-state index contributed by atoms with van der Waals surface area (Å²) in [5.74, 6) is 1.55. The summed E-state index contributed by atoms with van der Waals surface area (Å²) in [5.41, 5.74) is 5.72. The maximum atomic E-state index is 12.5. The van der Waals surface area contributed by atoms with Crippen molar-refractivity contribution in [2.75, 3.05) is 13.2 Å². The number of ether oxygens (including phenoxy) is 2. The second-order valence-corrected chi connectivity index (χ2v) is 7.11. The molecule has 0 atom stereocenters. The Bertz CT molecular complexity index is 1060. The number of amides is 2. The molecule has 0 fully saturated rings. The van der Waals surface area contributed by atoms with Gasteiger partial charge in [0.05, 0.1) is 5.69 Å². The topological polar surface area (TPSA) is 103 Å². The lowest BCUT2D eigenvalue weighted by atomic mass is 10.2. The van der Waals surface area contributed by atoms with Gasteiger partial charge in [0.2, 0.25) is 0 Å². The van der Waals surface area contributed by atoms with Crippen LogP contribution < -0.4 is 20.3 Å². The van der Waals surface area contributed by atoms with Gasteiger partial charge in [0.1, 0.15) is 23.9 Å². The first-order valence-corrected chi connectivity index (χ1v) is 9.37. The molecule has 1 aliphatic rings. The highest BCUT2D eigenvalue weighted by Gasteiger charge is 2.19. The van der Waals surface area contributed by atoms with Gasteiger partial charge in [-0.2, -0.15) is 0 Å². The van der Waals surface area contributed by atoms with Crippen LogP contribution in [0.25, 0.3) is 10.8 Å². The van der Waals surface area contributed by atoms with E-state index in [1.807, 2.05) is 13.0 Å². The Kier molecular flexibility index (Phi) is 4.74. The van der Waals surface area contributed by atoms with E-state index in [1.165, 1.54) is 11.3 Å². The van der Waals surface area contributed by atoms with Gasteiger partial charge >= 0.3 is 0 Å². The van der Waals surface area contributed by atoms with Crippen LogP contribution in [0.1, 0.15) is 31.5 Å². The van der Waals surface area contributed by atoms with Gasteiger partial charge in [-0.3, -0.25) is 20.4 Å². The predicted molar refractivity (Wildman–Crippen MR) is 102 cm³/mol. The second kappa shape index (κ2) is 7.35. The third-order valence-corrected chi connectivity index (χ3v) is 5.22. The van der Waals surface area contributed by atoms with E-state index in [1.54, 1.807) is 31.2 Å². The van der Waals surface area contributed by atoms with Crippen LogP contribution in [-0.2, 0) is 0 Å². The van der Waals surface area contributed by atoms with Crippen LogP contribution in [0.4, 0.5) is 0 Å². The SMILES string of the molecule is Cc1ccc(-c2nc(C)c(C(=O)NNC(=O)c3ccc4c(c3)OCCO4)s2)o1. The molecule has 144 valence electrons. The number of benzene rings is 1. The number of nitrogens with one attached hydrogen (secondary N) is 2. The van der Waals surface area contributed by atoms with E-state index < -0.39 is 11.8 Å². The molecule has 28 heavy (non-hydrogen) atoms. The smallest absolute Gasteiger partial charge is 0.281 e. The quantitative estimate of drug-likeness (QED) is 0.657. The summed E-state index contributed by atoms with van der Waals surface area (Å²) in [5, 5.41) is 0.605. The molecule has 0 unspecified atom stereocenters. The van der Waals surface area contributed by atoms with E-state index in [9.17, 15) is 9.59 Å². The molecule has 1 aliphatic heterocycles. The maximum Gasteiger partial charge on any atom is 0.281 e. The molecule has 0 saturated heterocycles. The zero-order valence-corrected chi connectivity index (χ0v) is 16.0. The van der Waals surface area contributed by atoms with Crippen molar-refractivity contribution in [3.63, 3.8) is 0 Å². The highest BCUT2D eigenvalue weighted by atomic mass is 32.1. The molecular formula is C19H17N3O5S. The summed E-state index contributed by atoms with van der Waals surface area (Å²) < 4.78 is 16.4. The number of aromatic nitrogens is 1. The van der Waals surface area contributed by atoms with E-state index in [4.69, 9.17) is 13.9 Å². The molecule has 2 amide bonds. The van der Waals surface area contributed by atoms with Crippen molar-refractivity contribution in [1.29, 1.82) is 0 Å². The Morgan fingerprint density at radius 3 is 2.50 bits per heavy atom. The minimum Gasteiger partial charge on any atom is -0.486 e. The van der Waals surface area contributed by atoms with Crippen LogP contribution in [0.5, 0.6) is 11.5 Å². The van der Waals surface area contributed by atoms with Crippen LogP contribution in [0.2, 0.25) is 0 Å². The lowest BCUT2D eigenvalue weighted by Crippen LogP contribution is -2.41. The maximum absolute atomic E-state index is 12.5. The molecular weight excluding hydrogens is 382 g/mol. The first kappa shape index (κ1) is 18.1. The number of carbonyl (C=O) groups excluding carboxylic acids is 2. The predicted octanol–water partition coefficient (Wildman–Crippen LogP) is 2.87. The van der Waals surface area contributed by atoms with Gasteiger partial charge < -0.3 is 13.9 Å². The van der Waals surface area contributed by atoms with Crippen LogP contribution in [0.3, 0.4) is 0 Å². The fraction of sp³-hybridized carbons (Fsp3) is 0.211. The van der Waals surface area contributed by atoms with Gasteiger partial charge in [-0.05, 0) is 44.2 Å². The summed E-state index contributed by atoms with van der Waals surface area (Å²) in [6, 6.07) is 8.48. The summed E-state index contributed by atoms with van der Waals surface area (Å²) in [7, 11) is 0. The van der Waals surface area contributed by atoms with Crippen LogP contribution in [-0.4, -0.2) is 30.0 Å². The highest BCUT2D eigenvalue weighted by molar-refractivity contribution is 7.17. The number of hydrogen-bond acceptors (Lipinski definition) is 7. The van der Waals surface area contributed by atoms with E-state index >= 15 is 0 Å². The number of rotatable bonds is 3.